The van der Waals surface area contributed by atoms with Gasteiger partial charge in [0.2, 0.25) is 5.91 Å². The number of rotatable bonds is 4. The van der Waals surface area contributed by atoms with Crippen LogP contribution in [0.5, 0.6) is 0 Å². The van der Waals surface area contributed by atoms with E-state index in [1.54, 1.807) is 24.0 Å². The molecule has 2 amide bonds. The second-order valence-electron chi connectivity index (χ2n) is 7.91. The van der Waals surface area contributed by atoms with Gasteiger partial charge in [0, 0.05) is 19.1 Å². The number of piperidine rings is 1. The summed E-state index contributed by atoms with van der Waals surface area (Å²) >= 11 is 0. The quantitative estimate of drug-likeness (QED) is 0.895. The number of hydrogen-bond acceptors (Lipinski definition) is 3. The van der Waals surface area contributed by atoms with Gasteiger partial charge in [0.25, 0.3) is 0 Å². The normalized spacial score (nSPS) is 24.8. The zero-order valence-corrected chi connectivity index (χ0v) is 15.7. The van der Waals surface area contributed by atoms with Crippen LogP contribution in [0, 0.1) is 11.2 Å². The summed E-state index contributed by atoms with van der Waals surface area (Å²) in [6.45, 7) is 7.45. The van der Waals surface area contributed by atoms with Crippen molar-refractivity contribution in [1.82, 2.24) is 10.2 Å². The molecule has 1 aliphatic carbocycles. The van der Waals surface area contributed by atoms with Crippen molar-refractivity contribution in [2.24, 2.45) is 5.41 Å². The number of nitrogens with one attached hydrogen (secondary N) is 1. The molecule has 0 bridgehead atoms. The second-order valence-corrected chi connectivity index (χ2v) is 7.91. The van der Waals surface area contributed by atoms with Crippen molar-refractivity contribution in [2.45, 2.75) is 51.5 Å². The molecule has 1 heterocycles. The van der Waals surface area contributed by atoms with E-state index >= 15 is 0 Å². The molecule has 6 heteroatoms. The molecule has 1 atom stereocenters. The van der Waals surface area contributed by atoms with Crippen molar-refractivity contribution < 1.29 is 18.7 Å². The Morgan fingerprint density at radius 1 is 1.23 bits per heavy atom. The van der Waals surface area contributed by atoms with Crippen LogP contribution in [0.15, 0.2) is 24.3 Å². The summed E-state index contributed by atoms with van der Waals surface area (Å²) in [4.78, 5) is 26.6. The molecule has 142 valence electrons. The summed E-state index contributed by atoms with van der Waals surface area (Å²) in [7, 11) is 0. The number of carbonyl (C=O) groups is 2. The monoisotopic (exact) mass is 362 g/mol. The van der Waals surface area contributed by atoms with Gasteiger partial charge in [-0.15, -0.1) is 0 Å². The molecule has 1 aromatic carbocycles. The van der Waals surface area contributed by atoms with Crippen LogP contribution >= 0.6 is 0 Å². The molecule has 26 heavy (non-hydrogen) atoms. The van der Waals surface area contributed by atoms with Crippen molar-refractivity contribution in [2.75, 3.05) is 19.7 Å². The van der Waals surface area contributed by atoms with Crippen LogP contribution in [0.1, 0.15) is 45.6 Å². The fraction of sp³-hybridized carbons (Fsp3) is 0.600. The van der Waals surface area contributed by atoms with E-state index in [0.717, 1.165) is 12.0 Å². The van der Waals surface area contributed by atoms with Crippen LogP contribution in [0.4, 0.5) is 9.18 Å². The highest BCUT2D eigenvalue weighted by Gasteiger charge is 2.67. The largest absolute Gasteiger partial charge is 0.450 e. The Hall–Kier alpha value is -2.11. The maximum absolute atomic E-state index is 13.3. The van der Waals surface area contributed by atoms with E-state index in [1.807, 2.05) is 0 Å². The number of ether oxygens (including phenoxy) is 1. The molecule has 2 fully saturated rings. The van der Waals surface area contributed by atoms with Gasteiger partial charge < -0.3 is 15.0 Å². The van der Waals surface area contributed by atoms with Crippen molar-refractivity contribution in [3.05, 3.63) is 35.6 Å². The molecule has 0 unspecified atom stereocenters. The summed E-state index contributed by atoms with van der Waals surface area (Å²) in [5.41, 5.74) is 0.116. The molecule has 0 spiro atoms. The van der Waals surface area contributed by atoms with Crippen molar-refractivity contribution in [3.63, 3.8) is 0 Å². The molecule has 2 aliphatic rings. The Balaban J connectivity index is 1.64. The summed E-state index contributed by atoms with van der Waals surface area (Å²) in [6, 6.07) is 6.30. The number of amides is 2. The van der Waals surface area contributed by atoms with Crippen LogP contribution in [-0.4, -0.2) is 42.6 Å². The van der Waals surface area contributed by atoms with Crippen LogP contribution in [0.2, 0.25) is 0 Å². The molecule has 0 radical (unpaired) electrons. The number of halogens is 1. The number of hydrogen-bond donors (Lipinski definition) is 1. The maximum Gasteiger partial charge on any atom is 0.409 e. The molecular weight excluding hydrogens is 335 g/mol. The third-order valence-electron chi connectivity index (χ3n) is 5.82. The minimum absolute atomic E-state index is 0.00342. The number of carbonyl (C=O) groups excluding carboxylic acids is 2. The molecule has 1 saturated heterocycles. The number of nitrogens with zero attached hydrogens (tertiary/aromatic N) is 1. The summed E-state index contributed by atoms with van der Waals surface area (Å²) in [5.74, 6) is -0.294. The van der Waals surface area contributed by atoms with Crippen LogP contribution in [-0.2, 0) is 14.9 Å². The molecular formula is C20H27FN2O3. The molecule has 1 saturated carbocycles. The lowest BCUT2D eigenvalue weighted by molar-refractivity contribution is -0.125. The van der Waals surface area contributed by atoms with E-state index in [9.17, 15) is 14.0 Å². The van der Waals surface area contributed by atoms with E-state index in [1.165, 1.54) is 12.1 Å². The highest BCUT2D eigenvalue weighted by molar-refractivity contribution is 5.93. The lowest BCUT2D eigenvalue weighted by atomic mass is 9.86. The summed E-state index contributed by atoms with van der Waals surface area (Å²) in [5, 5.41) is 3.17. The van der Waals surface area contributed by atoms with Gasteiger partial charge in [0.1, 0.15) is 5.82 Å². The second kappa shape index (κ2) is 6.89. The van der Waals surface area contributed by atoms with Gasteiger partial charge in [-0.2, -0.15) is 0 Å². The Kier molecular flexibility index (Phi) is 4.95. The first-order valence-electron chi connectivity index (χ1n) is 9.29. The van der Waals surface area contributed by atoms with Crippen LogP contribution < -0.4 is 5.32 Å². The smallest absolute Gasteiger partial charge is 0.409 e. The number of benzene rings is 1. The molecule has 5 nitrogen and oxygen atoms in total. The first-order valence-corrected chi connectivity index (χ1v) is 9.29. The fourth-order valence-electron chi connectivity index (χ4n) is 4.09. The molecule has 1 aliphatic heterocycles. The van der Waals surface area contributed by atoms with Gasteiger partial charge in [0.15, 0.2) is 0 Å². The lowest BCUT2D eigenvalue weighted by Gasteiger charge is -2.33. The minimum Gasteiger partial charge on any atom is -0.450 e. The first-order chi connectivity index (χ1) is 12.3. The van der Waals surface area contributed by atoms with Gasteiger partial charge in [-0.25, -0.2) is 9.18 Å². The van der Waals surface area contributed by atoms with Gasteiger partial charge in [-0.1, -0.05) is 26.0 Å². The Bertz CT molecular complexity index is 681. The third-order valence-corrected chi connectivity index (χ3v) is 5.82. The summed E-state index contributed by atoms with van der Waals surface area (Å²) in [6.07, 6.45) is 1.89. The van der Waals surface area contributed by atoms with Crippen LogP contribution in [0.3, 0.4) is 0 Å². The predicted molar refractivity (Wildman–Crippen MR) is 96.2 cm³/mol. The Labute approximate surface area is 153 Å². The van der Waals surface area contributed by atoms with Gasteiger partial charge >= 0.3 is 6.09 Å². The first kappa shape index (κ1) is 18.7. The molecule has 1 aromatic rings. The molecule has 1 N–H and O–H groups in total. The van der Waals surface area contributed by atoms with E-state index < -0.39 is 5.41 Å². The average Bonchev–Trinajstić information content (AvgIpc) is 3.20. The average molecular weight is 362 g/mol. The third kappa shape index (κ3) is 3.29. The van der Waals surface area contributed by atoms with Crippen molar-refractivity contribution in [1.29, 1.82) is 0 Å². The Morgan fingerprint density at radius 2 is 1.81 bits per heavy atom. The SMILES string of the molecule is CCOC(=O)N1CCC(NC(=O)[C@@]2(c3ccc(F)cc3)CC2(C)C)CC1. The number of likely N-dealkylation sites (tertiary alicyclic amines) is 1. The van der Waals surface area contributed by atoms with E-state index in [4.69, 9.17) is 4.74 Å². The van der Waals surface area contributed by atoms with Gasteiger partial charge in [0.05, 0.1) is 12.0 Å². The predicted octanol–water partition coefficient (Wildman–Crippen LogP) is 3.23. The van der Waals surface area contributed by atoms with Crippen molar-refractivity contribution in [3.8, 4) is 0 Å². The highest BCUT2D eigenvalue weighted by Crippen LogP contribution is 2.64. The topological polar surface area (TPSA) is 58.6 Å². The fourth-order valence-corrected chi connectivity index (χ4v) is 4.09. The van der Waals surface area contributed by atoms with Gasteiger partial charge in [-0.3, -0.25) is 4.79 Å². The Morgan fingerprint density at radius 3 is 2.31 bits per heavy atom. The van der Waals surface area contributed by atoms with Crippen molar-refractivity contribution >= 4 is 12.0 Å². The molecule has 0 aromatic heterocycles. The molecule has 3 rings (SSSR count). The zero-order valence-electron chi connectivity index (χ0n) is 15.7. The van der Waals surface area contributed by atoms with Gasteiger partial charge in [-0.05, 0) is 49.3 Å². The van der Waals surface area contributed by atoms with Crippen LogP contribution in [0.25, 0.3) is 0 Å². The standard InChI is InChI=1S/C20H27FN2O3/c1-4-26-18(25)23-11-9-16(10-12-23)22-17(24)20(13-19(20,2)3)14-5-7-15(21)8-6-14/h5-8,16H,4,9-13H2,1-3H3,(H,22,24)/t20-/m0/s1. The maximum atomic E-state index is 13.3. The van der Waals surface area contributed by atoms with E-state index in [0.29, 0.717) is 32.5 Å². The lowest BCUT2D eigenvalue weighted by Crippen LogP contribution is -2.49. The van der Waals surface area contributed by atoms with E-state index in [-0.39, 0.29) is 29.3 Å². The van der Waals surface area contributed by atoms with E-state index in [2.05, 4.69) is 19.2 Å². The summed E-state index contributed by atoms with van der Waals surface area (Å²) < 4.78 is 18.3. The zero-order chi connectivity index (χ0) is 18.9. The minimum atomic E-state index is -0.598. The highest BCUT2D eigenvalue weighted by atomic mass is 19.1.